The quantitative estimate of drug-likeness (QED) is 0.935. The van der Waals surface area contributed by atoms with Crippen molar-refractivity contribution < 1.29 is 18.7 Å². The summed E-state index contributed by atoms with van der Waals surface area (Å²) in [5.41, 5.74) is -0.809. The maximum absolute atomic E-state index is 13.8. The minimum Gasteiger partial charge on any atom is -0.478 e. The smallest absolute Gasteiger partial charge is 0.339 e. The Morgan fingerprint density at radius 3 is 2.45 bits per heavy atom. The lowest BCUT2D eigenvalue weighted by Gasteiger charge is -2.04. The molecule has 0 fully saturated rings. The van der Waals surface area contributed by atoms with Gasteiger partial charge in [-0.3, -0.25) is 4.68 Å². The number of carboxylic acids is 1. The van der Waals surface area contributed by atoms with E-state index in [2.05, 4.69) is 5.10 Å². The maximum Gasteiger partial charge on any atom is 0.339 e. The first kappa shape index (κ1) is 14.2. The number of nitrogens with zero attached hydrogens (tertiary/aromatic N) is 2. The Balaban J connectivity index is 2.60. The average Bonchev–Trinajstić information content (AvgIpc) is 2.71. The Morgan fingerprint density at radius 1 is 1.35 bits per heavy atom. The molecule has 0 unspecified atom stereocenters. The minimum atomic E-state index is -1.27. The molecule has 0 bridgehead atoms. The summed E-state index contributed by atoms with van der Waals surface area (Å²) in [6.45, 7) is 4.34. The van der Waals surface area contributed by atoms with E-state index in [0.717, 1.165) is 12.1 Å². The van der Waals surface area contributed by atoms with Crippen LogP contribution in [0.5, 0.6) is 0 Å². The van der Waals surface area contributed by atoms with Gasteiger partial charge in [-0.15, -0.1) is 0 Å². The van der Waals surface area contributed by atoms with Crippen LogP contribution in [-0.4, -0.2) is 20.9 Å². The molecule has 0 radical (unpaired) electrons. The van der Waals surface area contributed by atoms with Crippen LogP contribution in [-0.2, 0) is 6.54 Å². The first-order chi connectivity index (χ1) is 9.40. The monoisotopic (exact) mass is 280 g/mol. The van der Waals surface area contributed by atoms with Crippen molar-refractivity contribution in [2.75, 3.05) is 0 Å². The lowest BCUT2D eigenvalue weighted by Crippen LogP contribution is -2.05. The van der Waals surface area contributed by atoms with Crippen molar-refractivity contribution in [1.29, 1.82) is 0 Å². The molecule has 0 aliphatic heterocycles. The fourth-order valence-electron chi connectivity index (χ4n) is 1.95. The molecule has 0 saturated carbocycles. The SMILES string of the molecule is CC(C)Cn1cc(C(=O)O)c(-c2c(F)cccc2F)n1. The second-order valence-corrected chi connectivity index (χ2v) is 4.91. The fraction of sp³-hybridized carbons (Fsp3) is 0.286. The molecule has 2 rings (SSSR count). The lowest BCUT2D eigenvalue weighted by atomic mass is 10.1. The van der Waals surface area contributed by atoms with E-state index in [1.54, 1.807) is 0 Å². The number of rotatable bonds is 4. The molecular formula is C14H14F2N2O2. The molecule has 0 aliphatic rings. The van der Waals surface area contributed by atoms with Gasteiger partial charge in [0.05, 0.1) is 5.56 Å². The molecule has 1 aromatic heterocycles. The molecule has 1 N–H and O–H groups in total. The van der Waals surface area contributed by atoms with Crippen LogP contribution in [0.2, 0.25) is 0 Å². The normalized spacial score (nSPS) is 11.1. The van der Waals surface area contributed by atoms with Crippen LogP contribution in [0.1, 0.15) is 24.2 Å². The molecule has 2 aromatic rings. The Hall–Kier alpha value is -2.24. The summed E-state index contributed by atoms with van der Waals surface area (Å²) in [4.78, 5) is 11.2. The van der Waals surface area contributed by atoms with Crippen molar-refractivity contribution in [2.45, 2.75) is 20.4 Å². The minimum absolute atomic E-state index is 0.186. The van der Waals surface area contributed by atoms with Crippen LogP contribution in [0.25, 0.3) is 11.3 Å². The summed E-state index contributed by atoms with van der Waals surface area (Å²) >= 11 is 0. The molecule has 0 saturated heterocycles. The summed E-state index contributed by atoms with van der Waals surface area (Å²) in [5.74, 6) is -2.70. The highest BCUT2D eigenvalue weighted by Crippen LogP contribution is 2.28. The van der Waals surface area contributed by atoms with Crippen LogP contribution < -0.4 is 0 Å². The third-order valence-corrected chi connectivity index (χ3v) is 2.74. The van der Waals surface area contributed by atoms with Gasteiger partial charge in [-0.2, -0.15) is 5.10 Å². The van der Waals surface area contributed by atoms with Gasteiger partial charge in [-0.1, -0.05) is 19.9 Å². The zero-order chi connectivity index (χ0) is 14.9. The van der Waals surface area contributed by atoms with Gasteiger partial charge >= 0.3 is 5.97 Å². The van der Waals surface area contributed by atoms with E-state index in [4.69, 9.17) is 5.11 Å². The molecule has 1 heterocycles. The number of halogens is 2. The van der Waals surface area contributed by atoms with Gasteiger partial charge in [0, 0.05) is 12.7 Å². The number of hydrogen-bond donors (Lipinski definition) is 1. The number of carboxylic acid groups (broad SMARTS) is 1. The molecule has 0 spiro atoms. The van der Waals surface area contributed by atoms with Gasteiger partial charge in [-0.25, -0.2) is 13.6 Å². The van der Waals surface area contributed by atoms with E-state index in [0.29, 0.717) is 6.54 Å². The second-order valence-electron chi connectivity index (χ2n) is 4.91. The van der Waals surface area contributed by atoms with Gasteiger partial charge < -0.3 is 5.11 Å². The number of carbonyl (C=O) groups is 1. The van der Waals surface area contributed by atoms with Gasteiger partial charge in [0.1, 0.15) is 22.9 Å². The average molecular weight is 280 g/mol. The van der Waals surface area contributed by atoms with E-state index >= 15 is 0 Å². The van der Waals surface area contributed by atoms with Crippen molar-refractivity contribution in [1.82, 2.24) is 9.78 Å². The molecule has 106 valence electrons. The predicted octanol–water partition coefficient (Wildman–Crippen LogP) is 3.18. The summed E-state index contributed by atoms with van der Waals surface area (Å²) < 4.78 is 28.9. The molecule has 20 heavy (non-hydrogen) atoms. The largest absolute Gasteiger partial charge is 0.478 e. The van der Waals surface area contributed by atoms with Crippen LogP contribution in [0, 0.1) is 17.6 Å². The maximum atomic E-state index is 13.8. The van der Waals surface area contributed by atoms with Crippen LogP contribution in [0.15, 0.2) is 24.4 Å². The third kappa shape index (κ3) is 2.68. The number of aromatic carboxylic acids is 1. The lowest BCUT2D eigenvalue weighted by molar-refractivity contribution is 0.0697. The van der Waals surface area contributed by atoms with Crippen LogP contribution >= 0.6 is 0 Å². The molecule has 0 atom stereocenters. The van der Waals surface area contributed by atoms with E-state index in [1.807, 2.05) is 13.8 Å². The predicted molar refractivity (Wildman–Crippen MR) is 69.4 cm³/mol. The highest BCUT2D eigenvalue weighted by Gasteiger charge is 2.22. The standard InChI is InChI=1S/C14H14F2N2O2/c1-8(2)6-18-7-9(14(19)20)13(17-18)12-10(15)4-3-5-11(12)16/h3-5,7-8H,6H2,1-2H3,(H,19,20). The topological polar surface area (TPSA) is 55.1 Å². The molecule has 6 heteroatoms. The molecule has 0 aliphatic carbocycles. The Morgan fingerprint density at radius 2 is 1.95 bits per heavy atom. The summed E-state index contributed by atoms with van der Waals surface area (Å²) in [6.07, 6.45) is 1.30. The Labute approximate surface area is 114 Å². The van der Waals surface area contributed by atoms with Crippen molar-refractivity contribution >= 4 is 5.97 Å². The van der Waals surface area contributed by atoms with Crippen LogP contribution in [0.4, 0.5) is 8.78 Å². The molecule has 0 amide bonds. The van der Waals surface area contributed by atoms with Gasteiger partial charge in [0.15, 0.2) is 0 Å². The first-order valence-electron chi connectivity index (χ1n) is 6.15. The Kier molecular flexibility index (Phi) is 3.83. The first-order valence-corrected chi connectivity index (χ1v) is 6.15. The molecule has 4 nitrogen and oxygen atoms in total. The van der Waals surface area contributed by atoms with E-state index < -0.39 is 23.2 Å². The fourth-order valence-corrected chi connectivity index (χ4v) is 1.95. The van der Waals surface area contributed by atoms with E-state index in [9.17, 15) is 13.6 Å². The van der Waals surface area contributed by atoms with Crippen molar-refractivity contribution in [3.8, 4) is 11.3 Å². The Bertz CT molecular complexity index is 630. The second kappa shape index (κ2) is 5.40. The third-order valence-electron chi connectivity index (χ3n) is 2.74. The number of aromatic nitrogens is 2. The van der Waals surface area contributed by atoms with Crippen LogP contribution in [0.3, 0.4) is 0 Å². The molecular weight excluding hydrogens is 266 g/mol. The summed E-state index contributed by atoms with van der Waals surface area (Å²) in [6, 6.07) is 3.37. The summed E-state index contributed by atoms with van der Waals surface area (Å²) in [5, 5.41) is 13.2. The summed E-state index contributed by atoms with van der Waals surface area (Å²) in [7, 11) is 0. The van der Waals surface area contributed by atoms with Gasteiger partial charge in [-0.05, 0) is 18.1 Å². The number of benzene rings is 1. The van der Waals surface area contributed by atoms with E-state index in [-0.39, 0.29) is 17.2 Å². The van der Waals surface area contributed by atoms with Gasteiger partial charge in [0.2, 0.25) is 0 Å². The highest BCUT2D eigenvalue weighted by molar-refractivity contribution is 5.94. The van der Waals surface area contributed by atoms with Crippen molar-refractivity contribution in [3.63, 3.8) is 0 Å². The molecule has 1 aromatic carbocycles. The van der Waals surface area contributed by atoms with Crippen molar-refractivity contribution in [3.05, 3.63) is 41.6 Å². The van der Waals surface area contributed by atoms with E-state index in [1.165, 1.54) is 16.9 Å². The van der Waals surface area contributed by atoms with Crippen molar-refractivity contribution in [2.24, 2.45) is 5.92 Å². The number of hydrogen-bond acceptors (Lipinski definition) is 2. The zero-order valence-electron chi connectivity index (χ0n) is 11.1. The zero-order valence-corrected chi connectivity index (χ0v) is 11.1. The van der Waals surface area contributed by atoms with Gasteiger partial charge in [0.25, 0.3) is 0 Å². The highest BCUT2D eigenvalue weighted by atomic mass is 19.1.